The van der Waals surface area contributed by atoms with Gasteiger partial charge in [0, 0.05) is 17.1 Å². The van der Waals surface area contributed by atoms with Crippen LogP contribution in [0.2, 0.25) is 0 Å². The number of aromatic nitrogens is 3. The van der Waals surface area contributed by atoms with E-state index in [4.69, 9.17) is 4.74 Å². The van der Waals surface area contributed by atoms with E-state index < -0.39 is 6.04 Å². The van der Waals surface area contributed by atoms with Crippen molar-refractivity contribution in [2.75, 3.05) is 27.9 Å². The Morgan fingerprint density at radius 1 is 0.743 bits per heavy atom. The Morgan fingerprint density at radius 2 is 1.26 bits per heavy atom. The van der Waals surface area contributed by atoms with Crippen molar-refractivity contribution in [1.29, 1.82) is 0 Å². The third-order valence-electron chi connectivity index (χ3n) is 4.87. The van der Waals surface area contributed by atoms with Crippen LogP contribution < -0.4 is 26.0 Å². The Morgan fingerprint density at radius 3 is 1.77 bits per heavy atom. The second-order valence-electron chi connectivity index (χ2n) is 7.60. The van der Waals surface area contributed by atoms with Crippen LogP contribution in [0.4, 0.5) is 34.9 Å². The van der Waals surface area contributed by atoms with Gasteiger partial charge in [-0.15, -0.1) is 0 Å². The summed E-state index contributed by atoms with van der Waals surface area (Å²) in [6, 6.07) is 25.8. The van der Waals surface area contributed by atoms with Crippen molar-refractivity contribution >= 4 is 40.8 Å². The number of benzene rings is 3. The fourth-order valence-corrected chi connectivity index (χ4v) is 3.16. The van der Waals surface area contributed by atoms with Gasteiger partial charge in [-0.3, -0.25) is 4.79 Å². The van der Waals surface area contributed by atoms with Gasteiger partial charge >= 0.3 is 0 Å². The standard InChI is InChI=1S/C26H27N7O2/c1-3-35-22-16-14-21(15-17-22)28-23(34)18(2)27-24-31-25(29-19-10-6-4-7-11-19)33-26(32-24)30-20-12-8-5-9-13-20/h4-18H,3H2,1-2H3,(H,28,34)(H3,27,29,30,31,32,33)/t18-/m0/s1. The van der Waals surface area contributed by atoms with E-state index >= 15 is 0 Å². The van der Waals surface area contributed by atoms with Gasteiger partial charge in [-0.25, -0.2) is 0 Å². The predicted molar refractivity (Wildman–Crippen MR) is 139 cm³/mol. The maximum atomic E-state index is 12.8. The highest BCUT2D eigenvalue weighted by molar-refractivity contribution is 5.96. The first-order valence-corrected chi connectivity index (χ1v) is 11.3. The zero-order chi connectivity index (χ0) is 24.5. The van der Waals surface area contributed by atoms with E-state index in [0.717, 1.165) is 17.1 Å². The Kier molecular flexibility index (Phi) is 7.70. The molecule has 0 saturated carbocycles. The number of hydrogen-bond donors (Lipinski definition) is 4. The zero-order valence-corrected chi connectivity index (χ0v) is 19.5. The molecule has 0 aliphatic rings. The summed E-state index contributed by atoms with van der Waals surface area (Å²) in [5, 5.41) is 12.3. The van der Waals surface area contributed by atoms with E-state index in [1.165, 1.54) is 0 Å². The summed E-state index contributed by atoms with van der Waals surface area (Å²) in [6.07, 6.45) is 0. The molecule has 1 aromatic heterocycles. The van der Waals surface area contributed by atoms with Crippen LogP contribution >= 0.6 is 0 Å². The van der Waals surface area contributed by atoms with E-state index in [-0.39, 0.29) is 11.9 Å². The summed E-state index contributed by atoms with van der Waals surface area (Å²) >= 11 is 0. The molecule has 4 aromatic rings. The van der Waals surface area contributed by atoms with E-state index in [1.54, 1.807) is 19.1 Å². The van der Waals surface area contributed by atoms with Gasteiger partial charge < -0.3 is 26.0 Å². The van der Waals surface area contributed by atoms with Gasteiger partial charge in [0.1, 0.15) is 11.8 Å². The first-order chi connectivity index (χ1) is 17.1. The van der Waals surface area contributed by atoms with Gasteiger partial charge in [0.2, 0.25) is 23.8 Å². The first kappa shape index (κ1) is 23.5. The lowest BCUT2D eigenvalue weighted by atomic mass is 10.2. The van der Waals surface area contributed by atoms with Crippen LogP contribution in [0.5, 0.6) is 5.75 Å². The molecule has 4 rings (SSSR count). The van der Waals surface area contributed by atoms with Crippen molar-refractivity contribution in [1.82, 2.24) is 15.0 Å². The SMILES string of the molecule is CCOc1ccc(NC(=O)[C@H](C)Nc2nc(Nc3ccccc3)nc(Nc3ccccc3)n2)cc1. The van der Waals surface area contributed by atoms with Gasteiger partial charge in [-0.05, 0) is 62.4 Å². The van der Waals surface area contributed by atoms with Crippen LogP contribution in [0.1, 0.15) is 13.8 Å². The summed E-state index contributed by atoms with van der Waals surface area (Å²) in [6.45, 7) is 4.24. The number of carbonyl (C=O) groups excluding carboxylic acids is 1. The second-order valence-corrected chi connectivity index (χ2v) is 7.60. The molecule has 0 aliphatic heterocycles. The van der Waals surface area contributed by atoms with Crippen LogP contribution in [0, 0.1) is 0 Å². The fraction of sp³-hybridized carbons (Fsp3) is 0.154. The molecule has 0 unspecified atom stereocenters. The van der Waals surface area contributed by atoms with Crippen molar-refractivity contribution in [3.05, 3.63) is 84.9 Å². The molecule has 0 radical (unpaired) electrons. The lowest BCUT2D eigenvalue weighted by Gasteiger charge is -2.16. The molecular weight excluding hydrogens is 442 g/mol. The molecule has 0 bridgehead atoms. The summed E-state index contributed by atoms with van der Waals surface area (Å²) < 4.78 is 5.44. The van der Waals surface area contributed by atoms with Gasteiger partial charge in [0.25, 0.3) is 0 Å². The molecule has 0 saturated heterocycles. The highest BCUT2D eigenvalue weighted by atomic mass is 16.5. The molecule has 1 amide bonds. The largest absolute Gasteiger partial charge is 0.494 e. The molecule has 0 aliphatic carbocycles. The Hall–Kier alpha value is -4.66. The topological polar surface area (TPSA) is 113 Å². The Bertz CT molecular complexity index is 1180. The third kappa shape index (κ3) is 6.91. The number of nitrogens with zero attached hydrogens (tertiary/aromatic N) is 3. The van der Waals surface area contributed by atoms with E-state index in [9.17, 15) is 4.79 Å². The first-order valence-electron chi connectivity index (χ1n) is 11.3. The van der Waals surface area contributed by atoms with Gasteiger partial charge in [0.15, 0.2) is 0 Å². The fourth-order valence-electron chi connectivity index (χ4n) is 3.16. The number of rotatable bonds is 10. The molecule has 35 heavy (non-hydrogen) atoms. The molecule has 4 N–H and O–H groups in total. The molecule has 0 spiro atoms. The molecule has 1 heterocycles. The minimum absolute atomic E-state index is 0.232. The second kappa shape index (κ2) is 11.5. The summed E-state index contributed by atoms with van der Waals surface area (Å²) in [5.41, 5.74) is 2.33. The lowest BCUT2D eigenvalue weighted by molar-refractivity contribution is -0.116. The number of ether oxygens (including phenoxy) is 1. The molecule has 9 nitrogen and oxygen atoms in total. The van der Waals surface area contributed by atoms with Crippen molar-refractivity contribution in [3.8, 4) is 5.75 Å². The van der Waals surface area contributed by atoms with Crippen molar-refractivity contribution < 1.29 is 9.53 Å². The Balaban J connectivity index is 1.49. The average molecular weight is 470 g/mol. The van der Waals surface area contributed by atoms with Crippen LogP contribution in [0.25, 0.3) is 0 Å². The maximum Gasteiger partial charge on any atom is 0.246 e. The predicted octanol–water partition coefficient (Wildman–Crippen LogP) is 5.20. The van der Waals surface area contributed by atoms with Crippen molar-refractivity contribution in [3.63, 3.8) is 0 Å². The number of para-hydroxylation sites is 2. The monoisotopic (exact) mass is 469 g/mol. The van der Waals surface area contributed by atoms with Gasteiger partial charge in [-0.1, -0.05) is 36.4 Å². The number of amides is 1. The van der Waals surface area contributed by atoms with Crippen LogP contribution in [-0.4, -0.2) is 33.5 Å². The molecule has 9 heteroatoms. The van der Waals surface area contributed by atoms with Crippen molar-refractivity contribution in [2.45, 2.75) is 19.9 Å². The normalized spacial score (nSPS) is 11.3. The van der Waals surface area contributed by atoms with E-state index in [1.807, 2.05) is 79.7 Å². The van der Waals surface area contributed by atoms with Crippen molar-refractivity contribution in [2.24, 2.45) is 0 Å². The number of anilines is 6. The Labute approximate surface area is 204 Å². The highest BCUT2D eigenvalue weighted by Gasteiger charge is 2.16. The van der Waals surface area contributed by atoms with E-state index in [2.05, 4.69) is 36.2 Å². The zero-order valence-electron chi connectivity index (χ0n) is 19.5. The number of hydrogen-bond acceptors (Lipinski definition) is 8. The quantitative estimate of drug-likeness (QED) is 0.251. The lowest BCUT2D eigenvalue weighted by Crippen LogP contribution is -2.32. The summed E-state index contributed by atoms with van der Waals surface area (Å²) in [4.78, 5) is 26.1. The average Bonchev–Trinajstić information content (AvgIpc) is 2.86. The number of carbonyl (C=O) groups is 1. The summed E-state index contributed by atoms with van der Waals surface area (Å²) in [5.74, 6) is 1.45. The van der Waals surface area contributed by atoms with Gasteiger partial charge in [-0.2, -0.15) is 15.0 Å². The molecule has 178 valence electrons. The molecule has 1 atom stereocenters. The van der Waals surface area contributed by atoms with Crippen LogP contribution in [0.3, 0.4) is 0 Å². The molecular formula is C26H27N7O2. The third-order valence-corrected chi connectivity index (χ3v) is 4.87. The summed E-state index contributed by atoms with van der Waals surface area (Å²) in [7, 11) is 0. The number of nitrogens with one attached hydrogen (secondary N) is 4. The minimum atomic E-state index is -0.613. The molecule has 3 aromatic carbocycles. The smallest absolute Gasteiger partial charge is 0.246 e. The minimum Gasteiger partial charge on any atom is -0.494 e. The maximum absolute atomic E-state index is 12.8. The molecule has 0 fully saturated rings. The van der Waals surface area contributed by atoms with E-state index in [0.29, 0.717) is 24.2 Å². The van der Waals surface area contributed by atoms with Crippen LogP contribution in [-0.2, 0) is 4.79 Å². The van der Waals surface area contributed by atoms with Gasteiger partial charge in [0.05, 0.1) is 6.61 Å². The highest BCUT2D eigenvalue weighted by Crippen LogP contribution is 2.19. The van der Waals surface area contributed by atoms with Crippen LogP contribution in [0.15, 0.2) is 84.9 Å².